The van der Waals surface area contributed by atoms with Crippen molar-refractivity contribution in [3.05, 3.63) is 97.2 Å². The average molecular weight is 889 g/mol. The Morgan fingerprint density at radius 2 is 0.703 bits per heavy atom. The third-order valence-electron chi connectivity index (χ3n) is 11.1. The Kier molecular flexibility index (Phi) is 51.5. The molecule has 0 aromatic heterocycles. The first-order chi connectivity index (χ1) is 31.6. The second-order valence-electron chi connectivity index (χ2n) is 17.4. The topological polar surface area (TPSA) is 61.8 Å². The van der Waals surface area contributed by atoms with Gasteiger partial charge in [0, 0.05) is 19.4 Å². The van der Waals surface area contributed by atoms with Crippen LogP contribution in [-0.2, 0) is 23.8 Å². The van der Waals surface area contributed by atoms with E-state index in [2.05, 4.69) is 118 Å². The van der Waals surface area contributed by atoms with Gasteiger partial charge in [0.15, 0.2) is 6.10 Å². The molecule has 1 unspecified atom stereocenters. The SMILES string of the molecule is CC/C=C\C/C=C\C/C=C\C/C=C\CCCOCC(COC(=O)CCCCCCCCCCC/C=C\C/C=C\CCCCC)OC(=O)CCCCCCC/C=C\C/C=C\CCCCC. The van der Waals surface area contributed by atoms with Crippen molar-refractivity contribution >= 4 is 11.9 Å². The summed E-state index contributed by atoms with van der Waals surface area (Å²) in [5.41, 5.74) is 0. The molecule has 0 rings (SSSR count). The van der Waals surface area contributed by atoms with Crippen LogP contribution in [-0.4, -0.2) is 37.9 Å². The standard InChI is InChI=1S/C59H100O5/c1-4-7-10-13-16-19-22-25-28-29-30-31-33-34-37-40-43-46-49-52-58(60)63-56-57(55-62-54-51-48-45-42-39-36-27-24-21-18-15-12-9-6-3)64-59(61)53-50-47-44-41-38-35-32-26-23-20-17-14-11-8-5-2/h9,12,16-21,25-28,32,36,42,45,57H,4-8,10-11,13-15,22-24,29-31,33-35,37-41,43-44,46-56H2,1-3H3/b12-9-,19-16-,20-17-,21-18-,28-25-,32-26-,36-27-,45-42-. The molecule has 0 saturated carbocycles. The zero-order chi connectivity index (χ0) is 46.3. The highest BCUT2D eigenvalue weighted by atomic mass is 16.6. The Morgan fingerprint density at radius 1 is 0.359 bits per heavy atom. The maximum Gasteiger partial charge on any atom is 0.306 e. The number of esters is 2. The minimum absolute atomic E-state index is 0.0512. The molecule has 1 atom stereocenters. The van der Waals surface area contributed by atoms with Crippen molar-refractivity contribution in [3.63, 3.8) is 0 Å². The maximum atomic E-state index is 12.8. The minimum Gasteiger partial charge on any atom is -0.462 e. The van der Waals surface area contributed by atoms with Crippen LogP contribution in [0.15, 0.2) is 97.2 Å². The van der Waals surface area contributed by atoms with E-state index in [-0.39, 0.29) is 25.2 Å². The summed E-state index contributed by atoms with van der Waals surface area (Å²) in [6.45, 7) is 7.51. The lowest BCUT2D eigenvalue weighted by Crippen LogP contribution is -2.30. The molecule has 0 spiro atoms. The second kappa shape index (κ2) is 54.2. The molecule has 0 aromatic carbocycles. The van der Waals surface area contributed by atoms with Crippen LogP contribution in [0.1, 0.15) is 239 Å². The normalized spacial score (nSPS) is 13.0. The number of allylic oxidation sites excluding steroid dienone is 16. The Morgan fingerprint density at radius 3 is 1.12 bits per heavy atom. The van der Waals surface area contributed by atoms with Gasteiger partial charge in [-0.05, 0) is 116 Å². The van der Waals surface area contributed by atoms with Crippen molar-refractivity contribution in [1.29, 1.82) is 0 Å². The summed E-state index contributed by atoms with van der Waals surface area (Å²) in [6, 6.07) is 0. The quantitative estimate of drug-likeness (QED) is 0.0346. The Bertz CT molecular complexity index is 1230. The molecule has 0 N–H and O–H groups in total. The lowest BCUT2D eigenvalue weighted by Gasteiger charge is -2.18. The fourth-order valence-electron chi connectivity index (χ4n) is 7.10. The first-order valence-electron chi connectivity index (χ1n) is 26.8. The molecule has 0 aliphatic heterocycles. The lowest BCUT2D eigenvalue weighted by atomic mass is 10.1. The first-order valence-corrected chi connectivity index (χ1v) is 26.8. The van der Waals surface area contributed by atoms with Crippen molar-refractivity contribution in [1.82, 2.24) is 0 Å². The molecule has 0 radical (unpaired) electrons. The molecule has 5 heteroatoms. The van der Waals surface area contributed by atoms with Crippen LogP contribution in [0.25, 0.3) is 0 Å². The van der Waals surface area contributed by atoms with Crippen LogP contribution in [0.4, 0.5) is 0 Å². The number of carbonyl (C=O) groups is 2. The predicted molar refractivity (Wildman–Crippen MR) is 279 cm³/mol. The summed E-state index contributed by atoms with van der Waals surface area (Å²) in [4.78, 5) is 25.4. The van der Waals surface area contributed by atoms with Crippen LogP contribution in [0.2, 0.25) is 0 Å². The van der Waals surface area contributed by atoms with Gasteiger partial charge >= 0.3 is 11.9 Å². The van der Waals surface area contributed by atoms with Gasteiger partial charge in [-0.1, -0.05) is 208 Å². The lowest BCUT2D eigenvalue weighted by molar-refractivity contribution is -0.163. The van der Waals surface area contributed by atoms with Gasteiger partial charge in [-0.15, -0.1) is 0 Å². The summed E-state index contributed by atoms with van der Waals surface area (Å²) in [6.07, 6.45) is 72.8. The number of rotatable bonds is 48. The van der Waals surface area contributed by atoms with Crippen LogP contribution in [0.3, 0.4) is 0 Å². The van der Waals surface area contributed by atoms with Crippen LogP contribution >= 0.6 is 0 Å². The van der Waals surface area contributed by atoms with E-state index < -0.39 is 6.10 Å². The Balaban J connectivity index is 4.35. The average Bonchev–Trinajstić information content (AvgIpc) is 3.30. The van der Waals surface area contributed by atoms with Gasteiger partial charge in [0.2, 0.25) is 0 Å². The minimum atomic E-state index is -0.579. The third kappa shape index (κ3) is 51.5. The smallest absolute Gasteiger partial charge is 0.306 e. The van der Waals surface area contributed by atoms with Crippen molar-refractivity contribution in [2.24, 2.45) is 0 Å². The molecule has 0 aromatic rings. The number of hydrogen-bond acceptors (Lipinski definition) is 5. The van der Waals surface area contributed by atoms with Gasteiger partial charge in [0.05, 0.1) is 6.61 Å². The fourth-order valence-corrected chi connectivity index (χ4v) is 7.10. The molecule has 0 saturated heterocycles. The highest BCUT2D eigenvalue weighted by molar-refractivity contribution is 5.70. The zero-order valence-corrected chi connectivity index (χ0v) is 42.0. The highest BCUT2D eigenvalue weighted by Gasteiger charge is 2.17. The largest absolute Gasteiger partial charge is 0.462 e. The highest BCUT2D eigenvalue weighted by Crippen LogP contribution is 2.14. The summed E-state index contributed by atoms with van der Waals surface area (Å²) < 4.78 is 17.3. The van der Waals surface area contributed by atoms with E-state index in [4.69, 9.17) is 14.2 Å². The van der Waals surface area contributed by atoms with Crippen LogP contribution < -0.4 is 0 Å². The maximum absolute atomic E-state index is 12.8. The molecular weight excluding hydrogens is 789 g/mol. The molecule has 5 nitrogen and oxygen atoms in total. The van der Waals surface area contributed by atoms with Crippen LogP contribution in [0, 0.1) is 0 Å². The molecule has 366 valence electrons. The predicted octanol–water partition coefficient (Wildman–Crippen LogP) is 18.2. The number of carbonyl (C=O) groups excluding carboxylic acids is 2. The molecule has 0 amide bonds. The van der Waals surface area contributed by atoms with Crippen molar-refractivity contribution in [3.8, 4) is 0 Å². The van der Waals surface area contributed by atoms with E-state index in [9.17, 15) is 9.59 Å². The van der Waals surface area contributed by atoms with E-state index >= 15 is 0 Å². The summed E-state index contributed by atoms with van der Waals surface area (Å²) in [7, 11) is 0. The van der Waals surface area contributed by atoms with Gasteiger partial charge in [-0.25, -0.2) is 0 Å². The Hall–Kier alpha value is -3.18. The molecule has 0 fully saturated rings. The second-order valence-corrected chi connectivity index (χ2v) is 17.4. The van der Waals surface area contributed by atoms with Gasteiger partial charge in [0.1, 0.15) is 6.61 Å². The number of ether oxygens (including phenoxy) is 3. The van der Waals surface area contributed by atoms with Gasteiger partial charge in [-0.3, -0.25) is 9.59 Å². The van der Waals surface area contributed by atoms with E-state index in [0.29, 0.717) is 19.4 Å². The third-order valence-corrected chi connectivity index (χ3v) is 11.1. The Labute approximate surface area is 396 Å². The van der Waals surface area contributed by atoms with E-state index in [1.54, 1.807) is 0 Å². The fraction of sp³-hybridized carbons (Fsp3) is 0.695. The van der Waals surface area contributed by atoms with Gasteiger partial charge in [-0.2, -0.15) is 0 Å². The van der Waals surface area contributed by atoms with Crippen molar-refractivity contribution in [2.75, 3.05) is 19.8 Å². The number of unbranched alkanes of at least 4 members (excludes halogenated alkanes) is 21. The van der Waals surface area contributed by atoms with E-state index in [1.807, 2.05) is 0 Å². The van der Waals surface area contributed by atoms with Crippen LogP contribution in [0.5, 0.6) is 0 Å². The molecule has 0 aliphatic rings. The summed E-state index contributed by atoms with van der Waals surface area (Å²) in [5, 5.41) is 0. The van der Waals surface area contributed by atoms with Crippen molar-refractivity contribution in [2.45, 2.75) is 245 Å². The summed E-state index contributed by atoms with van der Waals surface area (Å²) >= 11 is 0. The van der Waals surface area contributed by atoms with Gasteiger partial charge in [0.25, 0.3) is 0 Å². The molecule has 64 heavy (non-hydrogen) atoms. The van der Waals surface area contributed by atoms with E-state index in [0.717, 1.165) is 96.3 Å². The van der Waals surface area contributed by atoms with Gasteiger partial charge < -0.3 is 14.2 Å². The molecule has 0 bridgehead atoms. The zero-order valence-electron chi connectivity index (χ0n) is 42.0. The molecule has 0 heterocycles. The monoisotopic (exact) mass is 889 g/mol. The first kappa shape index (κ1) is 60.8. The number of hydrogen-bond donors (Lipinski definition) is 0. The van der Waals surface area contributed by atoms with Crippen molar-refractivity contribution < 1.29 is 23.8 Å². The summed E-state index contributed by atoms with van der Waals surface area (Å²) in [5.74, 6) is -0.449. The molecular formula is C59H100O5. The molecule has 0 aliphatic carbocycles. The van der Waals surface area contributed by atoms with E-state index in [1.165, 1.54) is 109 Å².